The summed E-state index contributed by atoms with van der Waals surface area (Å²) in [7, 11) is -3.20. The number of anilines is 1. The number of guanidine groups is 1. The van der Waals surface area contributed by atoms with Gasteiger partial charge in [-0.25, -0.2) is 8.42 Å². The summed E-state index contributed by atoms with van der Waals surface area (Å²) in [6.45, 7) is 2.15. The number of rotatable bonds is 4. The van der Waals surface area contributed by atoms with E-state index in [-0.39, 0.29) is 12.0 Å². The molecule has 0 amide bonds. The van der Waals surface area contributed by atoms with E-state index < -0.39 is 10.0 Å². The molecule has 3 rings (SSSR count). The third-order valence-corrected chi connectivity index (χ3v) is 5.57. The molecule has 0 spiro atoms. The van der Waals surface area contributed by atoms with Crippen molar-refractivity contribution in [1.82, 2.24) is 4.31 Å². The number of hydrogen-bond acceptors (Lipinski definition) is 5. The van der Waals surface area contributed by atoms with Crippen LogP contribution in [0.25, 0.3) is 0 Å². The number of nitrogens with one attached hydrogen (secondary N) is 1. The van der Waals surface area contributed by atoms with Crippen molar-refractivity contribution in [3.8, 4) is 11.5 Å². The van der Waals surface area contributed by atoms with Crippen LogP contribution in [0.2, 0.25) is 0 Å². The molecule has 138 valence electrons. The van der Waals surface area contributed by atoms with E-state index in [4.69, 9.17) is 15.2 Å². The smallest absolute Gasteiger partial charge is 0.211 e. The minimum atomic E-state index is -3.20. The van der Waals surface area contributed by atoms with Gasteiger partial charge in [-0.15, -0.1) is 0 Å². The molecular formula is C16H24N4O4S. The fraction of sp³-hybridized carbons (Fsp3) is 0.562. The van der Waals surface area contributed by atoms with Crippen molar-refractivity contribution in [1.29, 1.82) is 0 Å². The molecule has 1 aromatic carbocycles. The fourth-order valence-corrected chi connectivity index (χ4v) is 4.23. The molecule has 0 unspecified atom stereocenters. The molecule has 0 aromatic heterocycles. The Morgan fingerprint density at radius 3 is 2.84 bits per heavy atom. The molecule has 2 aliphatic heterocycles. The largest absolute Gasteiger partial charge is 0.490 e. The van der Waals surface area contributed by atoms with E-state index in [0.29, 0.717) is 37.8 Å². The number of benzene rings is 1. The Bertz CT molecular complexity index is 751. The molecule has 1 aromatic rings. The highest BCUT2D eigenvalue weighted by Gasteiger charge is 2.31. The second-order valence-electron chi connectivity index (χ2n) is 6.23. The Labute approximate surface area is 148 Å². The van der Waals surface area contributed by atoms with Gasteiger partial charge in [-0.1, -0.05) is 0 Å². The van der Waals surface area contributed by atoms with E-state index in [1.807, 2.05) is 18.2 Å². The predicted molar refractivity (Wildman–Crippen MR) is 96.7 cm³/mol. The van der Waals surface area contributed by atoms with E-state index >= 15 is 0 Å². The topological polar surface area (TPSA) is 106 Å². The average Bonchev–Trinajstić information content (AvgIpc) is 2.92. The molecule has 0 bridgehead atoms. The van der Waals surface area contributed by atoms with Crippen molar-refractivity contribution < 1.29 is 17.9 Å². The van der Waals surface area contributed by atoms with Gasteiger partial charge in [-0.2, -0.15) is 4.31 Å². The standard InChI is InChI=1S/C16H24N4O4S/c1-25(21,22)20-7-2-4-13(20)11-18-16(17)19-12-5-6-14-15(10-12)24-9-3-8-23-14/h5-6,10,13H,2-4,7-9,11H2,1H3,(H3,17,18,19)/t13-/m1/s1. The number of nitrogens with zero attached hydrogens (tertiary/aromatic N) is 2. The lowest BCUT2D eigenvalue weighted by Crippen LogP contribution is -2.37. The second kappa shape index (κ2) is 7.49. The summed E-state index contributed by atoms with van der Waals surface area (Å²) in [6.07, 6.45) is 3.73. The van der Waals surface area contributed by atoms with Gasteiger partial charge in [-0.05, 0) is 25.0 Å². The molecule has 0 aliphatic carbocycles. The van der Waals surface area contributed by atoms with Crippen LogP contribution < -0.4 is 20.5 Å². The molecule has 8 nitrogen and oxygen atoms in total. The number of fused-ring (bicyclic) bond motifs is 1. The molecule has 2 heterocycles. The average molecular weight is 368 g/mol. The van der Waals surface area contributed by atoms with Gasteiger partial charge >= 0.3 is 0 Å². The Kier molecular flexibility index (Phi) is 5.33. The van der Waals surface area contributed by atoms with E-state index in [9.17, 15) is 8.42 Å². The van der Waals surface area contributed by atoms with Crippen LogP contribution in [-0.2, 0) is 10.0 Å². The predicted octanol–water partition coefficient (Wildman–Crippen LogP) is 0.999. The van der Waals surface area contributed by atoms with Gasteiger partial charge in [0.1, 0.15) is 0 Å². The third-order valence-electron chi connectivity index (χ3n) is 4.24. The highest BCUT2D eigenvalue weighted by Crippen LogP contribution is 2.32. The van der Waals surface area contributed by atoms with Crippen molar-refractivity contribution >= 4 is 21.7 Å². The number of ether oxygens (including phenoxy) is 2. The second-order valence-corrected chi connectivity index (χ2v) is 8.17. The SMILES string of the molecule is CS(=O)(=O)N1CCC[C@@H]1CN=C(N)Nc1ccc2c(c1)OCCCO2. The van der Waals surface area contributed by atoms with Gasteiger partial charge in [0.2, 0.25) is 10.0 Å². The molecule has 0 saturated carbocycles. The van der Waals surface area contributed by atoms with E-state index in [1.54, 1.807) is 0 Å². The normalized spacial score (nSPS) is 21.8. The van der Waals surface area contributed by atoms with E-state index in [0.717, 1.165) is 24.9 Å². The first-order valence-corrected chi connectivity index (χ1v) is 10.2. The first-order valence-electron chi connectivity index (χ1n) is 8.37. The van der Waals surface area contributed by atoms with Gasteiger partial charge < -0.3 is 20.5 Å². The van der Waals surface area contributed by atoms with Crippen LogP contribution in [0.5, 0.6) is 11.5 Å². The lowest BCUT2D eigenvalue weighted by molar-refractivity contribution is 0.297. The maximum atomic E-state index is 11.7. The van der Waals surface area contributed by atoms with Crippen molar-refractivity contribution in [3.05, 3.63) is 18.2 Å². The first kappa shape index (κ1) is 17.8. The van der Waals surface area contributed by atoms with Gasteiger partial charge in [0.15, 0.2) is 17.5 Å². The Morgan fingerprint density at radius 1 is 1.32 bits per heavy atom. The van der Waals surface area contributed by atoms with Gasteiger partial charge in [0, 0.05) is 30.8 Å². The monoisotopic (exact) mass is 368 g/mol. The summed E-state index contributed by atoms with van der Waals surface area (Å²) in [5.41, 5.74) is 6.69. The lowest BCUT2D eigenvalue weighted by Gasteiger charge is -2.20. The molecule has 9 heteroatoms. The third kappa shape index (κ3) is 4.55. The van der Waals surface area contributed by atoms with Crippen LogP contribution in [0.4, 0.5) is 5.69 Å². The molecule has 3 N–H and O–H groups in total. The number of nitrogens with two attached hydrogens (primary N) is 1. The minimum absolute atomic E-state index is 0.126. The van der Waals surface area contributed by atoms with Crippen LogP contribution in [0, 0.1) is 0 Å². The summed E-state index contributed by atoms with van der Waals surface area (Å²) in [5, 5.41) is 3.01. The van der Waals surface area contributed by atoms with Crippen LogP contribution in [-0.4, -0.2) is 57.3 Å². The van der Waals surface area contributed by atoms with Gasteiger partial charge in [0.25, 0.3) is 0 Å². The Hall–Kier alpha value is -2.00. The van der Waals surface area contributed by atoms with Crippen LogP contribution in [0.3, 0.4) is 0 Å². The highest BCUT2D eigenvalue weighted by atomic mass is 32.2. The first-order chi connectivity index (χ1) is 11.9. The molecule has 1 saturated heterocycles. The fourth-order valence-electron chi connectivity index (χ4n) is 3.06. The zero-order chi connectivity index (χ0) is 17.9. The van der Waals surface area contributed by atoms with Gasteiger partial charge in [-0.3, -0.25) is 4.99 Å². The van der Waals surface area contributed by atoms with Crippen molar-refractivity contribution in [2.24, 2.45) is 10.7 Å². The molecule has 1 fully saturated rings. The molecule has 2 aliphatic rings. The van der Waals surface area contributed by atoms with Crippen molar-refractivity contribution in [3.63, 3.8) is 0 Å². The zero-order valence-electron chi connectivity index (χ0n) is 14.3. The maximum Gasteiger partial charge on any atom is 0.211 e. The minimum Gasteiger partial charge on any atom is -0.490 e. The summed E-state index contributed by atoms with van der Waals surface area (Å²) in [4.78, 5) is 4.30. The Balaban J connectivity index is 1.63. The van der Waals surface area contributed by atoms with Crippen molar-refractivity contribution in [2.45, 2.75) is 25.3 Å². The van der Waals surface area contributed by atoms with E-state index in [1.165, 1.54) is 10.6 Å². The number of aliphatic imine (C=N–C) groups is 1. The number of hydrogen-bond donors (Lipinski definition) is 2. The number of sulfonamides is 1. The van der Waals surface area contributed by atoms with Crippen LogP contribution >= 0.6 is 0 Å². The summed E-state index contributed by atoms with van der Waals surface area (Å²) in [6, 6.07) is 5.37. The maximum absolute atomic E-state index is 11.7. The summed E-state index contributed by atoms with van der Waals surface area (Å²) < 4.78 is 36.2. The van der Waals surface area contributed by atoms with Gasteiger partial charge in [0.05, 0.1) is 26.0 Å². The molecule has 25 heavy (non-hydrogen) atoms. The van der Waals surface area contributed by atoms with Crippen LogP contribution in [0.1, 0.15) is 19.3 Å². The summed E-state index contributed by atoms with van der Waals surface area (Å²) in [5.74, 6) is 1.64. The zero-order valence-corrected chi connectivity index (χ0v) is 15.1. The van der Waals surface area contributed by atoms with Crippen molar-refractivity contribution in [2.75, 3.05) is 37.9 Å². The van der Waals surface area contributed by atoms with Crippen LogP contribution in [0.15, 0.2) is 23.2 Å². The molecule has 0 radical (unpaired) electrons. The quantitative estimate of drug-likeness (QED) is 0.607. The molecular weight excluding hydrogens is 344 g/mol. The Morgan fingerprint density at radius 2 is 2.08 bits per heavy atom. The van der Waals surface area contributed by atoms with E-state index in [2.05, 4.69) is 10.3 Å². The summed E-state index contributed by atoms with van der Waals surface area (Å²) >= 11 is 0. The highest BCUT2D eigenvalue weighted by molar-refractivity contribution is 7.88. The lowest BCUT2D eigenvalue weighted by atomic mass is 10.2. The molecule has 1 atom stereocenters.